The van der Waals surface area contributed by atoms with Gasteiger partial charge in [0.2, 0.25) is 0 Å². The Kier molecular flexibility index (Phi) is 6.73. The lowest BCUT2D eigenvalue weighted by atomic mass is 10.1. The van der Waals surface area contributed by atoms with Crippen LogP contribution >= 0.6 is 0 Å². The highest BCUT2D eigenvalue weighted by molar-refractivity contribution is 5.76. The standard InChI is InChI=1S/C25H30F2N6O2/c1-5-11-32-20-22(31(7-3)24(35)33(12-6-2)23(20)34)29-21(32)18-14-28-30(16-18)15-17-9-8-10-19(13-17)25(4,26)27/h8-10,13-14,16H,5-7,11-12,15H2,1-4H3. The smallest absolute Gasteiger partial charge is 0.318 e. The topological polar surface area (TPSA) is 79.6 Å². The van der Waals surface area contributed by atoms with Crippen LogP contribution in [0.5, 0.6) is 0 Å². The molecular weight excluding hydrogens is 454 g/mol. The summed E-state index contributed by atoms with van der Waals surface area (Å²) in [6, 6.07) is 6.27. The van der Waals surface area contributed by atoms with Gasteiger partial charge in [-0.1, -0.05) is 32.0 Å². The fraction of sp³-hybridized carbons (Fsp3) is 0.440. The number of hydrogen-bond donors (Lipinski definition) is 0. The SMILES string of the molecule is CCCn1c(=O)c2c(nc(-c3cnn(Cc4cccc(C(C)(F)F)c4)c3)n2CCC)n(CC)c1=O. The van der Waals surface area contributed by atoms with E-state index in [4.69, 9.17) is 4.98 Å². The van der Waals surface area contributed by atoms with E-state index in [9.17, 15) is 18.4 Å². The van der Waals surface area contributed by atoms with E-state index in [1.54, 1.807) is 29.2 Å². The predicted molar refractivity (Wildman–Crippen MR) is 131 cm³/mol. The van der Waals surface area contributed by atoms with Crippen LogP contribution < -0.4 is 11.2 Å². The highest BCUT2D eigenvalue weighted by atomic mass is 19.3. The number of halogens is 2. The van der Waals surface area contributed by atoms with Crippen molar-refractivity contribution in [2.45, 2.75) is 72.6 Å². The average molecular weight is 485 g/mol. The van der Waals surface area contributed by atoms with Gasteiger partial charge in [-0.25, -0.2) is 18.6 Å². The third kappa shape index (κ3) is 4.56. The molecule has 0 fully saturated rings. The second-order valence-electron chi connectivity index (χ2n) is 8.76. The summed E-state index contributed by atoms with van der Waals surface area (Å²) >= 11 is 0. The molecule has 186 valence electrons. The molecule has 0 atom stereocenters. The molecular formula is C25H30F2N6O2. The molecule has 0 bridgehead atoms. The van der Waals surface area contributed by atoms with Gasteiger partial charge in [-0.15, -0.1) is 0 Å². The van der Waals surface area contributed by atoms with E-state index >= 15 is 0 Å². The highest BCUT2D eigenvalue weighted by Crippen LogP contribution is 2.28. The highest BCUT2D eigenvalue weighted by Gasteiger charge is 2.25. The van der Waals surface area contributed by atoms with Crippen molar-refractivity contribution >= 4 is 11.2 Å². The zero-order valence-electron chi connectivity index (χ0n) is 20.5. The molecule has 4 aromatic rings. The normalized spacial score (nSPS) is 12.1. The monoisotopic (exact) mass is 484 g/mol. The zero-order valence-corrected chi connectivity index (χ0v) is 20.5. The number of aryl methyl sites for hydroxylation is 2. The van der Waals surface area contributed by atoms with Crippen molar-refractivity contribution in [3.63, 3.8) is 0 Å². The number of hydrogen-bond acceptors (Lipinski definition) is 4. The molecule has 4 rings (SSSR count). The van der Waals surface area contributed by atoms with Gasteiger partial charge in [-0.2, -0.15) is 5.10 Å². The summed E-state index contributed by atoms with van der Waals surface area (Å²) in [5.74, 6) is -2.37. The van der Waals surface area contributed by atoms with Crippen molar-refractivity contribution < 1.29 is 8.78 Å². The van der Waals surface area contributed by atoms with Gasteiger partial charge >= 0.3 is 5.69 Å². The van der Waals surface area contributed by atoms with Crippen LogP contribution in [-0.2, 0) is 32.1 Å². The van der Waals surface area contributed by atoms with Gasteiger partial charge < -0.3 is 4.57 Å². The molecule has 0 aliphatic carbocycles. The molecule has 1 aromatic carbocycles. The van der Waals surface area contributed by atoms with Crippen LogP contribution in [0.25, 0.3) is 22.6 Å². The Morgan fingerprint density at radius 1 is 1.00 bits per heavy atom. The number of benzene rings is 1. The van der Waals surface area contributed by atoms with E-state index in [1.165, 1.54) is 21.3 Å². The zero-order chi connectivity index (χ0) is 25.3. The first kappa shape index (κ1) is 24.6. The van der Waals surface area contributed by atoms with Crippen LogP contribution in [0.15, 0.2) is 46.2 Å². The summed E-state index contributed by atoms with van der Waals surface area (Å²) in [6.07, 6.45) is 4.86. The Labute approximate surface area is 201 Å². The Bertz CT molecular complexity index is 1470. The minimum Gasteiger partial charge on any atom is -0.318 e. The largest absolute Gasteiger partial charge is 0.332 e. The molecule has 0 aliphatic rings. The van der Waals surface area contributed by atoms with Crippen molar-refractivity contribution in [1.29, 1.82) is 0 Å². The second-order valence-corrected chi connectivity index (χ2v) is 8.76. The molecule has 3 heterocycles. The fourth-order valence-corrected chi connectivity index (χ4v) is 4.35. The van der Waals surface area contributed by atoms with Crippen molar-refractivity contribution in [2.24, 2.45) is 0 Å². The minimum atomic E-state index is -2.92. The van der Waals surface area contributed by atoms with Crippen LogP contribution in [0.3, 0.4) is 0 Å². The molecule has 35 heavy (non-hydrogen) atoms. The Morgan fingerprint density at radius 2 is 1.71 bits per heavy atom. The predicted octanol–water partition coefficient (Wildman–Crippen LogP) is 4.22. The first-order valence-electron chi connectivity index (χ1n) is 11.9. The minimum absolute atomic E-state index is 0.0481. The maximum Gasteiger partial charge on any atom is 0.332 e. The molecule has 0 unspecified atom stereocenters. The number of alkyl halides is 2. The number of fused-ring (bicyclic) bond motifs is 1. The fourth-order valence-electron chi connectivity index (χ4n) is 4.35. The summed E-state index contributed by atoms with van der Waals surface area (Å²) in [7, 11) is 0. The summed E-state index contributed by atoms with van der Waals surface area (Å²) in [6.45, 7) is 8.25. The summed E-state index contributed by atoms with van der Waals surface area (Å²) in [5, 5.41) is 4.40. The molecule has 0 amide bonds. The average Bonchev–Trinajstić information content (AvgIpc) is 3.42. The maximum absolute atomic E-state index is 13.7. The first-order valence-corrected chi connectivity index (χ1v) is 11.9. The van der Waals surface area contributed by atoms with Gasteiger partial charge in [-0.05, 0) is 31.4 Å². The number of nitrogens with zero attached hydrogens (tertiary/aromatic N) is 6. The van der Waals surface area contributed by atoms with E-state index in [0.29, 0.717) is 60.7 Å². The summed E-state index contributed by atoms with van der Waals surface area (Å²) in [4.78, 5) is 31.0. The molecule has 0 aliphatic heterocycles. The van der Waals surface area contributed by atoms with E-state index in [-0.39, 0.29) is 16.8 Å². The Morgan fingerprint density at radius 3 is 2.37 bits per heavy atom. The number of rotatable bonds is 9. The second kappa shape index (κ2) is 9.59. The lowest BCUT2D eigenvalue weighted by Crippen LogP contribution is -2.40. The third-order valence-electron chi connectivity index (χ3n) is 5.99. The van der Waals surface area contributed by atoms with Gasteiger partial charge in [0.25, 0.3) is 11.5 Å². The Balaban J connectivity index is 1.81. The van der Waals surface area contributed by atoms with Crippen LogP contribution in [-0.4, -0.2) is 28.5 Å². The molecule has 8 nitrogen and oxygen atoms in total. The summed E-state index contributed by atoms with van der Waals surface area (Å²) < 4.78 is 33.8. The number of imidazole rings is 1. The first-order chi connectivity index (χ1) is 16.7. The van der Waals surface area contributed by atoms with Crippen LogP contribution in [0.1, 0.15) is 51.7 Å². The third-order valence-corrected chi connectivity index (χ3v) is 5.99. The van der Waals surface area contributed by atoms with Crippen molar-refractivity contribution in [3.8, 4) is 11.4 Å². The molecule has 0 saturated heterocycles. The van der Waals surface area contributed by atoms with E-state index in [1.807, 2.05) is 25.3 Å². The van der Waals surface area contributed by atoms with Gasteiger partial charge in [-0.3, -0.25) is 18.6 Å². The van der Waals surface area contributed by atoms with Gasteiger partial charge in [0.15, 0.2) is 11.2 Å². The van der Waals surface area contributed by atoms with Gasteiger partial charge in [0, 0.05) is 38.3 Å². The van der Waals surface area contributed by atoms with Crippen molar-refractivity contribution in [1.82, 2.24) is 28.5 Å². The molecule has 10 heteroatoms. The van der Waals surface area contributed by atoms with E-state index < -0.39 is 5.92 Å². The lowest BCUT2D eigenvalue weighted by Gasteiger charge is -2.12. The molecule has 0 saturated carbocycles. The van der Waals surface area contributed by atoms with E-state index in [0.717, 1.165) is 13.3 Å². The maximum atomic E-state index is 13.7. The number of aromatic nitrogens is 6. The Hall–Kier alpha value is -3.56. The van der Waals surface area contributed by atoms with Crippen molar-refractivity contribution in [2.75, 3.05) is 0 Å². The molecule has 0 N–H and O–H groups in total. The van der Waals surface area contributed by atoms with Crippen LogP contribution in [0.4, 0.5) is 8.78 Å². The van der Waals surface area contributed by atoms with Crippen LogP contribution in [0.2, 0.25) is 0 Å². The lowest BCUT2D eigenvalue weighted by molar-refractivity contribution is 0.0174. The summed E-state index contributed by atoms with van der Waals surface area (Å²) in [5.41, 5.74) is 1.40. The van der Waals surface area contributed by atoms with Crippen LogP contribution in [0, 0.1) is 0 Å². The molecule has 3 aromatic heterocycles. The van der Waals surface area contributed by atoms with Gasteiger partial charge in [0.05, 0.1) is 18.3 Å². The molecule has 0 spiro atoms. The van der Waals surface area contributed by atoms with Crippen molar-refractivity contribution in [3.05, 3.63) is 68.6 Å². The van der Waals surface area contributed by atoms with Gasteiger partial charge in [0.1, 0.15) is 5.82 Å². The molecule has 0 radical (unpaired) electrons. The quantitative estimate of drug-likeness (QED) is 0.356. The van der Waals surface area contributed by atoms with E-state index in [2.05, 4.69) is 5.10 Å².